The third-order valence-electron chi connectivity index (χ3n) is 3.94. The molecule has 0 bridgehead atoms. The fraction of sp³-hybridized carbons (Fsp3) is 0.182. The van der Waals surface area contributed by atoms with E-state index in [1.807, 2.05) is 22.7 Å². The highest BCUT2D eigenvalue weighted by molar-refractivity contribution is 7.16. The lowest BCUT2D eigenvalue weighted by molar-refractivity contribution is 0.627. The van der Waals surface area contributed by atoms with Gasteiger partial charge in [0.15, 0.2) is 5.65 Å². The van der Waals surface area contributed by atoms with E-state index in [2.05, 4.69) is 42.9 Å². The third-order valence-corrected chi connectivity index (χ3v) is 4.94. The quantitative estimate of drug-likeness (QED) is 0.478. The van der Waals surface area contributed by atoms with E-state index in [4.69, 9.17) is 4.98 Å². The van der Waals surface area contributed by atoms with Crippen LogP contribution in [0.2, 0.25) is 0 Å². The van der Waals surface area contributed by atoms with Gasteiger partial charge in [-0.1, -0.05) is 11.8 Å². The van der Waals surface area contributed by atoms with Crippen LogP contribution in [-0.2, 0) is 0 Å². The van der Waals surface area contributed by atoms with Crippen LogP contribution in [0.1, 0.15) is 31.2 Å². The highest BCUT2D eigenvalue weighted by Crippen LogP contribution is 2.34. The van der Waals surface area contributed by atoms with Gasteiger partial charge in [0, 0.05) is 23.5 Å². The first-order chi connectivity index (χ1) is 13.4. The molecule has 3 aromatic heterocycles. The number of hydrogen-bond donors (Lipinski definition) is 1. The van der Waals surface area contributed by atoms with Gasteiger partial charge in [-0.05, 0) is 57.2 Å². The predicted octanol–water partition coefficient (Wildman–Crippen LogP) is 5.21. The van der Waals surface area contributed by atoms with Crippen LogP contribution < -0.4 is 5.32 Å². The topological polar surface area (TPSA) is 42.2 Å². The minimum Gasteiger partial charge on any atom is -0.365 e. The van der Waals surface area contributed by atoms with Gasteiger partial charge < -0.3 is 5.32 Å². The summed E-state index contributed by atoms with van der Waals surface area (Å²) in [4.78, 5) is 10.9. The number of imidazole rings is 1. The van der Waals surface area contributed by atoms with Crippen LogP contribution >= 0.6 is 11.3 Å². The maximum Gasteiger partial charge on any atom is 0.157 e. The Morgan fingerprint density at radius 2 is 1.86 bits per heavy atom. The number of hydrogen-bond acceptors (Lipinski definition) is 4. The molecule has 4 aromatic rings. The maximum absolute atomic E-state index is 13.0. The SMILES string of the molecule is CC(C)(C)Nc1c(-c2ccc(C#Cc3ccc(F)cc3)s2)nc2cnccn12. The van der Waals surface area contributed by atoms with Crippen molar-refractivity contribution in [1.82, 2.24) is 14.4 Å². The van der Waals surface area contributed by atoms with Crippen molar-refractivity contribution in [3.63, 3.8) is 0 Å². The summed E-state index contributed by atoms with van der Waals surface area (Å²) >= 11 is 1.58. The number of rotatable bonds is 2. The van der Waals surface area contributed by atoms with Gasteiger partial charge in [-0.25, -0.2) is 9.37 Å². The smallest absolute Gasteiger partial charge is 0.157 e. The molecule has 1 N–H and O–H groups in total. The predicted molar refractivity (Wildman–Crippen MR) is 112 cm³/mol. The number of thiophene rings is 1. The second kappa shape index (κ2) is 7.10. The van der Waals surface area contributed by atoms with E-state index in [-0.39, 0.29) is 11.4 Å². The first-order valence-corrected chi connectivity index (χ1v) is 9.69. The Morgan fingerprint density at radius 3 is 2.61 bits per heavy atom. The van der Waals surface area contributed by atoms with E-state index in [0.717, 1.165) is 32.5 Å². The van der Waals surface area contributed by atoms with Gasteiger partial charge in [-0.3, -0.25) is 9.38 Å². The normalized spacial score (nSPS) is 11.3. The van der Waals surface area contributed by atoms with E-state index in [0.29, 0.717) is 0 Å². The van der Waals surface area contributed by atoms with Crippen LogP contribution in [0, 0.1) is 17.7 Å². The number of nitrogens with one attached hydrogen (secondary N) is 1. The summed E-state index contributed by atoms with van der Waals surface area (Å²) < 4.78 is 15.0. The lowest BCUT2D eigenvalue weighted by atomic mass is 10.1. The molecule has 3 heterocycles. The summed E-state index contributed by atoms with van der Waals surface area (Å²) in [5.41, 5.74) is 2.33. The van der Waals surface area contributed by atoms with Crippen molar-refractivity contribution in [2.24, 2.45) is 0 Å². The number of nitrogens with zero attached hydrogens (tertiary/aromatic N) is 3. The van der Waals surface area contributed by atoms with E-state index in [9.17, 15) is 4.39 Å². The number of halogens is 1. The first kappa shape index (κ1) is 18.2. The van der Waals surface area contributed by atoms with Crippen LogP contribution in [-0.4, -0.2) is 19.9 Å². The Balaban J connectivity index is 1.71. The van der Waals surface area contributed by atoms with Gasteiger partial charge in [-0.15, -0.1) is 11.3 Å². The van der Waals surface area contributed by atoms with Gasteiger partial charge in [-0.2, -0.15) is 0 Å². The summed E-state index contributed by atoms with van der Waals surface area (Å²) in [5.74, 6) is 6.90. The molecule has 4 rings (SSSR count). The van der Waals surface area contributed by atoms with Crippen molar-refractivity contribution < 1.29 is 4.39 Å². The molecule has 0 atom stereocenters. The van der Waals surface area contributed by atoms with E-state index < -0.39 is 0 Å². The summed E-state index contributed by atoms with van der Waals surface area (Å²) in [5, 5.41) is 3.55. The fourth-order valence-electron chi connectivity index (χ4n) is 2.75. The second-order valence-electron chi connectivity index (χ2n) is 7.41. The molecular formula is C22H19FN4S. The molecule has 0 saturated heterocycles. The number of anilines is 1. The number of fused-ring (bicyclic) bond motifs is 1. The molecule has 0 amide bonds. The Kier molecular flexibility index (Phi) is 4.62. The summed E-state index contributed by atoms with van der Waals surface area (Å²) in [6.07, 6.45) is 5.41. The van der Waals surface area contributed by atoms with E-state index in [1.54, 1.807) is 35.9 Å². The van der Waals surface area contributed by atoms with Gasteiger partial charge in [0.2, 0.25) is 0 Å². The number of benzene rings is 1. The lowest BCUT2D eigenvalue weighted by Crippen LogP contribution is -2.27. The zero-order valence-corrected chi connectivity index (χ0v) is 16.6. The minimum atomic E-state index is -0.260. The second-order valence-corrected chi connectivity index (χ2v) is 8.49. The third kappa shape index (κ3) is 3.90. The van der Waals surface area contributed by atoms with Gasteiger partial charge in [0.1, 0.15) is 17.3 Å². The zero-order chi connectivity index (χ0) is 19.7. The Bertz CT molecular complexity index is 1190. The van der Waals surface area contributed by atoms with Gasteiger partial charge >= 0.3 is 0 Å². The molecule has 28 heavy (non-hydrogen) atoms. The lowest BCUT2D eigenvalue weighted by Gasteiger charge is -2.22. The van der Waals surface area contributed by atoms with Gasteiger partial charge in [0.05, 0.1) is 16.0 Å². The van der Waals surface area contributed by atoms with Crippen molar-refractivity contribution in [2.75, 3.05) is 5.32 Å². The molecular weight excluding hydrogens is 371 g/mol. The van der Waals surface area contributed by atoms with Crippen molar-refractivity contribution in [3.8, 4) is 22.4 Å². The van der Waals surface area contributed by atoms with Crippen LogP contribution in [0.25, 0.3) is 16.2 Å². The molecule has 1 aromatic carbocycles. The van der Waals surface area contributed by atoms with Gasteiger partial charge in [0.25, 0.3) is 0 Å². The monoisotopic (exact) mass is 390 g/mol. The van der Waals surface area contributed by atoms with E-state index >= 15 is 0 Å². The summed E-state index contributed by atoms with van der Waals surface area (Å²) in [6.45, 7) is 6.35. The summed E-state index contributed by atoms with van der Waals surface area (Å²) in [6, 6.07) is 10.2. The molecule has 140 valence electrons. The molecule has 0 aliphatic heterocycles. The Labute approximate surface area is 167 Å². The highest BCUT2D eigenvalue weighted by Gasteiger charge is 2.20. The maximum atomic E-state index is 13.0. The molecule has 0 aliphatic carbocycles. The standard InChI is InChI=1S/C22H19FN4S/c1-22(2,3)26-21-20(25-19-14-24-12-13-27(19)21)18-11-10-17(28-18)9-6-15-4-7-16(23)8-5-15/h4-5,7-8,10-14,26H,1-3H3. The molecule has 0 spiro atoms. The molecule has 0 fully saturated rings. The fourth-order valence-corrected chi connectivity index (χ4v) is 3.60. The molecule has 0 saturated carbocycles. The largest absolute Gasteiger partial charge is 0.365 e. The van der Waals surface area contributed by atoms with Crippen molar-refractivity contribution in [3.05, 3.63) is 71.2 Å². The number of aromatic nitrogens is 3. The summed E-state index contributed by atoms with van der Waals surface area (Å²) in [7, 11) is 0. The minimum absolute atomic E-state index is 0.115. The van der Waals surface area contributed by atoms with Crippen molar-refractivity contribution in [2.45, 2.75) is 26.3 Å². The first-order valence-electron chi connectivity index (χ1n) is 8.87. The van der Waals surface area contributed by atoms with Crippen LogP contribution in [0.15, 0.2) is 55.0 Å². The molecule has 0 radical (unpaired) electrons. The van der Waals surface area contributed by atoms with Crippen LogP contribution in [0.3, 0.4) is 0 Å². The highest BCUT2D eigenvalue weighted by atomic mass is 32.1. The van der Waals surface area contributed by atoms with Crippen molar-refractivity contribution >= 4 is 22.8 Å². The Hall–Kier alpha value is -3.17. The molecule has 6 heteroatoms. The average molecular weight is 390 g/mol. The molecule has 0 unspecified atom stereocenters. The zero-order valence-electron chi connectivity index (χ0n) is 15.8. The average Bonchev–Trinajstić information content (AvgIpc) is 3.25. The van der Waals surface area contributed by atoms with Crippen LogP contribution in [0.5, 0.6) is 0 Å². The molecule has 0 aliphatic rings. The van der Waals surface area contributed by atoms with Crippen LogP contribution in [0.4, 0.5) is 10.2 Å². The molecule has 4 nitrogen and oxygen atoms in total. The van der Waals surface area contributed by atoms with E-state index in [1.165, 1.54) is 12.1 Å². The Morgan fingerprint density at radius 1 is 1.07 bits per heavy atom. The van der Waals surface area contributed by atoms with Crippen molar-refractivity contribution in [1.29, 1.82) is 0 Å².